The Bertz CT molecular complexity index is 533. The summed E-state index contributed by atoms with van der Waals surface area (Å²) in [5.41, 5.74) is 1.31. The first kappa shape index (κ1) is 13.5. The van der Waals surface area contributed by atoms with Gasteiger partial charge in [0.2, 0.25) is 10.0 Å². The maximum absolute atomic E-state index is 12.2. The molecule has 2 N–H and O–H groups in total. The summed E-state index contributed by atoms with van der Waals surface area (Å²) in [5, 5.41) is 9.08. The maximum atomic E-state index is 12.2. The summed E-state index contributed by atoms with van der Waals surface area (Å²) in [6, 6.07) is 5.06. The Morgan fingerprint density at radius 3 is 2.61 bits per heavy atom. The first-order valence-corrected chi connectivity index (χ1v) is 7.63. The van der Waals surface area contributed by atoms with Crippen LogP contribution in [0.5, 0.6) is 0 Å². The average Bonchev–Trinajstić information content (AvgIpc) is 2.27. The lowest BCUT2D eigenvalue weighted by Crippen LogP contribution is -2.43. The number of aryl methyl sites for hydroxylation is 1. The minimum Gasteiger partial charge on any atom is -0.392 e. The molecule has 100 valence electrons. The maximum Gasteiger partial charge on any atom is 0.241 e. The molecule has 0 aliphatic heterocycles. The van der Waals surface area contributed by atoms with Crippen molar-refractivity contribution in [1.82, 2.24) is 4.72 Å². The van der Waals surface area contributed by atoms with Crippen LogP contribution in [0, 0.1) is 12.8 Å². The number of aliphatic hydroxyl groups excluding tert-OH is 1. The van der Waals surface area contributed by atoms with Gasteiger partial charge in [-0.3, -0.25) is 0 Å². The Kier molecular flexibility index (Phi) is 3.75. The van der Waals surface area contributed by atoms with E-state index >= 15 is 0 Å². The van der Waals surface area contributed by atoms with Gasteiger partial charge in [-0.1, -0.05) is 19.1 Å². The van der Waals surface area contributed by atoms with E-state index in [2.05, 4.69) is 11.6 Å². The van der Waals surface area contributed by atoms with E-state index in [0.29, 0.717) is 17.0 Å². The quantitative estimate of drug-likeness (QED) is 0.872. The average molecular weight is 269 g/mol. The zero-order chi connectivity index (χ0) is 13.3. The highest BCUT2D eigenvalue weighted by molar-refractivity contribution is 7.89. The normalized spacial score (nSPS) is 23.7. The minimum absolute atomic E-state index is 0.0576. The largest absolute Gasteiger partial charge is 0.392 e. The Morgan fingerprint density at radius 2 is 2.06 bits per heavy atom. The lowest BCUT2D eigenvalue weighted by atomic mass is 9.83. The molecular weight excluding hydrogens is 250 g/mol. The van der Waals surface area contributed by atoms with Gasteiger partial charge in [0.1, 0.15) is 0 Å². The standard InChI is InChI=1S/C13H19NO3S/c1-9-5-12(6-9)14-18(16,17)13-7-11(8-15)4-3-10(13)2/h3-4,7,9,12,14-15H,5-6,8H2,1-2H3. The van der Waals surface area contributed by atoms with Crippen LogP contribution in [0.2, 0.25) is 0 Å². The molecule has 0 heterocycles. The molecule has 0 atom stereocenters. The van der Waals surface area contributed by atoms with Crippen LogP contribution in [-0.4, -0.2) is 19.6 Å². The molecule has 18 heavy (non-hydrogen) atoms. The van der Waals surface area contributed by atoms with Gasteiger partial charge < -0.3 is 5.11 Å². The van der Waals surface area contributed by atoms with Crippen LogP contribution in [0.15, 0.2) is 23.1 Å². The van der Waals surface area contributed by atoms with E-state index in [9.17, 15) is 8.42 Å². The van der Waals surface area contributed by atoms with E-state index < -0.39 is 10.0 Å². The predicted octanol–water partition coefficient (Wildman–Crippen LogP) is 1.56. The third-order valence-electron chi connectivity index (χ3n) is 3.42. The highest BCUT2D eigenvalue weighted by atomic mass is 32.2. The zero-order valence-corrected chi connectivity index (χ0v) is 11.5. The Balaban J connectivity index is 2.23. The van der Waals surface area contributed by atoms with Crippen LogP contribution >= 0.6 is 0 Å². The number of hydrogen-bond acceptors (Lipinski definition) is 3. The molecule has 0 saturated heterocycles. The van der Waals surface area contributed by atoms with Crippen LogP contribution in [0.1, 0.15) is 30.9 Å². The van der Waals surface area contributed by atoms with E-state index in [1.54, 1.807) is 25.1 Å². The van der Waals surface area contributed by atoms with Crippen molar-refractivity contribution in [3.05, 3.63) is 29.3 Å². The minimum atomic E-state index is -3.47. The molecule has 1 aromatic carbocycles. The fourth-order valence-corrected chi connectivity index (χ4v) is 3.87. The number of rotatable bonds is 4. The topological polar surface area (TPSA) is 66.4 Å². The summed E-state index contributed by atoms with van der Waals surface area (Å²) in [6.45, 7) is 3.73. The molecule has 0 spiro atoms. The van der Waals surface area contributed by atoms with Gasteiger partial charge in [-0.05, 0) is 42.9 Å². The van der Waals surface area contributed by atoms with E-state index in [1.807, 2.05) is 0 Å². The lowest BCUT2D eigenvalue weighted by molar-refractivity contribution is 0.270. The Hall–Kier alpha value is -0.910. The Labute approximate surface area is 108 Å². The third-order valence-corrected chi connectivity index (χ3v) is 5.08. The molecule has 1 fully saturated rings. The third kappa shape index (κ3) is 2.74. The molecule has 1 aliphatic rings. The van der Waals surface area contributed by atoms with Gasteiger partial charge in [0, 0.05) is 6.04 Å². The second kappa shape index (κ2) is 4.99. The van der Waals surface area contributed by atoms with Crippen molar-refractivity contribution >= 4 is 10.0 Å². The SMILES string of the molecule is Cc1ccc(CO)cc1S(=O)(=O)NC1CC(C)C1. The van der Waals surface area contributed by atoms with E-state index in [-0.39, 0.29) is 17.5 Å². The second-order valence-corrected chi connectivity index (χ2v) is 6.84. The fourth-order valence-electron chi connectivity index (χ4n) is 2.31. The Morgan fingerprint density at radius 1 is 1.39 bits per heavy atom. The van der Waals surface area contributed by atoms with Crippen molar-refractivity contribution in [3.63, 3.8) is 0 Å². The van der Waals surface area contributed by atoms with Crippen LogP contribution < -0.4 is 4.72 Å². The molecular formula is C13H19NO3S. The molecule has 0 radical (unpaired) electrons. The monoisotopic (exact) mass is 269 g/mol. The summed E-state index contributed by atoms with van der Waals surface area (Å²) < 4.78 is 27.2. The number of sulfonamides is 1. The van der Waals surface area contributed by atoms with E-state index in [1.165, 1.54) is 0 Å². The molecule has 0 aromatic heterocycles. The van der Waals surface area contributed by atoms with E-state index in [4.69, 9.17) is 5.11 Å². The summed E-state index contributed by atoms with van der Waals surface area (Å²) >= 11 is 0. The predicted molar refractivity (Wildman–Crippen MR) is 69.6 cm³/mol. The first-order valence-electron chi connectivity index (χ1n) is 6.15. The molecule has 2 rings (SSSR count). The van der Waals surface area contributed by atoms with E-state index in [0.717, 1.165) is 12.8 Å². The zero-order valence-electron chi connectivity index (χ0n) is 10.7. The summed E-state index contributed by atoms with van der Waals surface area (Å²) in [5.74, 6) is 0.600. The number of benzene rings is 1. The number of aliphatic hydroxyl groups is 1. The highest BCUT2D eigenvalue weighted by Gasteiger charge is 2.30. The van der Waals surface area contributed by atoms with Gasteiger partial charge in [0.25, 0.3) is 0 Å². The molecule has 0 unspecified atom stereocenters. The summed E-state index contributed by atoms with van der Waals surface area (Å²) in [7, 11) is -3.47. The van der Waals surface area contributed by atoms with Crippen molar-refractivity contribution in [2.45, 2.75) is 44.2 Å². The van der Waals surface area contributed by atoms with Gasteiger partial charge in [0.05, 0.1) is 11.5 Å². The summed E-state index contributed by atoms with van der Waals surface area (Å²) in [6.07, 6.45) is 1.80. The van der Waals surface area contributed by atoms with Crippen molar-refractivity contribution in [2.24, 2.45) is 5.92 Å². The van der Waals surface area contributed by atoms with Crippen molar-refractivity contribution in [3.8, 4) is 0 Å². The van der Waals surface area contributed by atoms with Crippen LogP contribution in [0.4, 0.5) is 0 Å². The van der Waals surface area contributed by atoms with Gasteiger partial charge in [-0.25, -0.2) is 13.1 Å². The van der Waals surface area contributed by atoms with Crippen LogP contribution in [0.3, 0.4) is 0 Å². The molecule has 1 aromatic rings. The van der Waals surface area contributed by atoms with Gasteiger partial charge in [-0.15, -0.1) is 0 Å². The highest BCUT2D eigenvalue weighted by Crippen LogP contribution is 2.28. The molecule has 0 amide bonds. The van der Waals surface area contributed by atoms with Gasteiger partial charge in [0.15, 0.2) is 0 Å². The molecule has 4 nitrogen and oxygen atoms in total. The fraction of sp³-hybridized carbons (Fsp3) is 0.538. The summed E-state index contributed by atoms with van der Waals surface area (Å²) in [4.78, 5) is 0.272. The van der Waals surface area contributed by atoms with Crippen LogP contribution in [0.25, 0.3) is 0 Å². The smallest absolute Gasteiger partial charge is 0.241 e. The first-order chi connectivity index (χ1) is 8.42. The van der Waals surface area contributed by atoms with Gasteiger partial charge >= 0.3 is 0 Å². The number of hydrogen-bond donors (Lipinski definition) is 2. The lowest BCUT2D eigenvalue weighted by Gasteiger charge is -2.33. The van der Waals surface area contributed by atoms with Crippen molar-refractivity contribution in [2.75, 3.05) is 0 Å². The van der Waals surface area contributed by atoms with Crippen molar-refractivity contribution in [1.29, 1.82) is 0 Å². The number of nitrogens with one attached hydrogen (secondary N) is 1. The molecule has 1 aliphatic carbocycles. The van der Waals surface area contributed by atoms with Crippen molar-refractivity contribution < 1.29 is 13.5 Å². The molecule has 1 saturated carbocycles. The van der Waals surface area contributed by atoms with Crippen LogP contribution in [-0.2, 0) is 16.6 Å². The molecule has 0 bridgehead atoms. The second-order valence-electron chi connectivity index (χ2n) is 5.15. The van der Waals surface area contributed by atoms with Gasteiger partial charge in [-0.2, -0.15) is 0 Å². The molecule has 5 heteroatoms.